The van der Waals surface area contributed by atoms with E-state index in [0.717, 1.165) is 39.7 Å². The molecule has 31 heavy (non-hydrogen) atoms. The smallest absolute Gasteiger partial charge is 0.262 e. The molecule has 0 saturated heterocycles. The Balaban J connectivity index is 1.49. The Bertz CT molecular complexity index is 1140. The second-order valence-electron chi connectivity index (χ2n) is 8.21. The lowest BCUT2D eigenvalue weighted by Gasteiger charge is -2.27. The van der Waals surface area contributed by atoms with Gasteiger partial charge in [0.2, 0.25) is 0 Å². The lowest BCUT2D eigenvalue weighted by molar-refractivity contribution is -0.132. The first-order chi connectivity index (χ1) is 15.1. The molecule has 2 heterocycles. The van der Waals surface area contributed by atoms with Crippen LogP contribution in [0.15, 0.2) is 66.0 Å². The van der Waals surface area contributed by atoms with Crippen LogP contribution in [0.25, 0.3) is 11.1 Å². The summed E-state index contributed by atoms with van der Waals surface area (Å²) in [6.45, 7) is 0.488. The quantitative estimate of drug-likeness (QED) is 0.361. The topological polar surface area (TPSA) is 87.4 Å². The molecule has 5 rings (SSSR count). The van der Waals surface area contributed by atoms with Gasteiger partial charge in [0.15, 0.2) is 11.5 Å². The molecule has 3 aromatic rings. The highest BCUT2D eigenvalue weighted by Gasteiger charge is 2.57. The number of aliphatic imine (C=N–C) groups is 1. The van der Waals surface area contributed by atoms with Crippen molar-refractivity contribution in [2.24, 2.45) is 16.6 Å². The molecule has 2 aromatic carbocycles. The Kier molecular flexibility index (Phi) is 5.29. The SMILES string of the molecule is NC1=NC(c2cccc(-c3cccc(CI)c3)c2)(C2CC2)C(=O)N1CCc1cnc[nH]1. The van der Waals surface area contributed by atoms with Gasteiger partial charge in [0.1, 0.15) is 0 Å². The number of guanidine groups is 1. The molecule has 1 atom stereocenters. The zero-order chi connectivity index (χ0) is 21.4. The molecule has 1 aliphatic heterocycles. The summed E-state index contributed by atoms with van der Waals surface area (Å²) in [5.41, 5.74) is 10.8. The van der Waals surface area contributed by atoms with Crippen LogP contribution in [0, 0.1) is 5.92 Å². The third-order valence-corrected chi connectivity index (χ3v) is 7.06. The number of hydrogen-bond donors (Lipinski definition) is 2. The fourth-order valence-electron chi connectivity index (χ4n) is 4.43. The summed E-state index contributed by atoms with van der Waals surface area (Å²) in [4.78, 5) is 27.3. The number of amides is 1. The van der Waals surface area contributed by atoms with E-state index in [-0.39, 0.29) is 11.8 Å². The summed E-state index contributed by atoms with van der Waals surface area (Å²) in [5.74, 6) is 0.505. The van der Waals surface area contributed by atoms with Gasteiger partial charge in [-0.2, -0.15) is 0 Å². The summed E-state index contributed by atoms with van der Waals surface area (Å²) < 4.78 is 0.960. The predicted octanol–water partition coefficient (Wildman–Crippen LogP) is 4.02. The molecule has 0 spiro atoms. The summed E-state index contributed by atoms with van der Waals surface area (Å²) in [7, 11) is 0. The van der Waals surface area contributed by atoms with Gasteiger partial charge >= 0.3 is 0 Å². The van der Waals surface area contributed by atoms with Crippen molar-refractivity contribution in [1.29, 1.82) is 0 Å². The molecule has 3 N–H and O–H groups in total. The van der Waals surface area contributed by atoms with E-state index in [0.29, 0.717) is 18.9 Å². The average molecular weight is 525 g/mol. The molecule has 6 nitrogen and oxygen atoms in total. The van der Waals surface area contributed by atoms with Crippen LogP contribution in [0.1, 0.15) is 29.7 Å². The van der Waals surface area contributed by atoms with Gasteiger partial charge in [0, 0.05) is 29.3 Å². The van der Waals surface area contributed by atoms with E-state index < -0.39 is 5.54 Å². The van der Waals surface area contributed by atoms with Crippen LogP contribution in [-0.2, 0) is 21.2 Å². The lowest BCUT2D eigenvalue weighted by atomic mass is 9.83. The van der Waals surface area contributed by atoms with Crippen molar-refractivity contribution in [2.45, 2.75) is 29.2 Å². The summed E-state index contributed by atoms with van der Waals surface area (Å²) in [5, 5.41) is 0. The van der Waals surface area contributed by atoms with Crippen LogP contribution >= 0.6 is 22.6 Å². The maximum absolute atomic E-state index is 13.7. The van der Waals surface area contributed by atoms with Gasteiger partial charge in [0.25, 0.3) is 5.91 Å². The molecule has 1 unspecified atom stereocenters. The first kappa shape index (κ1) is 20.2. The molecule has 158 valence electrons. The van der Waals surface area contributed by atoms with Gasteiger partial charge in [-0.1, -0.05) is 65.1 Å². The number of halogens is 1. The van der Waals surface area contributed by atoms with Gasteiger partial charge in [0.05, 0.1) is 6.33 Å². The highest BCUT2D eigenvalue weighted by Crippen LogP contribution is 2.52. The van der Waals surface area contributed by atoms with Gasteiger partial charge in [-0.15, -0.1) is 0 Å². The Morgan fingerprint density at radius 3 is 2.65 bits per heavy atom. The number of nitrogens with one attached hydrogen (secondary N) is 1. The van der Waals surface area contributed by atoms with Crippen LogP contribution in [0.4, 0.5) is 0 Å². The zero-order valence-corrected chi connectivity index (χ0v) is 19.2. The van der Waals surface area contributed by atoms with Gasteiger partial charge in [-0.05, 0) is 47.1 Å². The molecular formula is C24H24IN5O. The molecule has 1 aromatic heterocycles. The number of aromatic amines is 1. The predicted molar refractivity (Wildman–Crippen MR) is 130 cm³/mol. The van der Waals surface area contributed by atoms with Crippen molar-refractivity contribution in [3.8, 4) is 11.1 Å². The zero-order valence-electron chi connectivity index (χ0n) is 17.1. The van der Waals surface area contributed by atoms with Crippen LogP contribution in [0.2, 0.25) is 0 Å². The van der Waals surface area contributed by atoms with Crippen LogP contribution in [-0.4, -0.2) is 33.3 Å². The molecule has 1 aliphatic carbocycles. The number of nitrogens with zero attached hydrogens (tertiary/aromatic N) is 3. The fourth-order valence-corrected chi connectivity index (χ4v) is 4.90. The first-order valence-electron chi connectivity index (χ1n) is 10.5. The number of imidazole rings is 1. The molecule has 2 aliphatic rings. The third-order valence-electron chi connectivity index (χ3n) is 6.18. The summed E-state index contributed by atoms with van der Waals surface area (Å²) in [6.07, 6.45) is 6.06. The first-order valence-corrected chi connectivity index (χ1v) is 12.0. The van der Waals surface area contributed by atoms with E-state index in [1.165, 1.54) is 5.56 Å². The van der Waals surface area contributed by atoms with E-state index in [9.17, 15) is 4.79 Å². The molecular weight excluding hydrogens is 501 g/mol. The molecule has 1 fully saturated rings. The molecule has 1 saturated carbocycles. The Hall–Kier alpha value is -2.68. The van der Waals surface area contributed by atoms with Crippen LogP contribution in [0.5, 0.6) is 0 Å². The van der Waals surface area contributed by atoms with Gasteiger partial charge < -0.3 is 10.7 Å². The van der Waals surface area contributed by atoms with Crippen molar-refractivity contribution in [1.82, 2.24) is 14.9 Å². The molecule has 7 heteroatoms. The molecule has 0 radical (unpaired) electrons. The van der Waals surface area contributed by atoms with Crippen LogP contribution < -0.4 is 5.73 Å². The maximum Gasteiger partial charge on any atom is 0.262 e. The minimum Gasteiger partial charge on any atom is -0.369 e. The van der Waals surface area contributed by atoms with Crippen molar-refractivity contribution < 1.29 is 4.79 Å². The largest absolute Gasteiger partial charge is 0.369 e. The van der Waals surface area contributed by atoms with Crippen molar-refractivity contribution >= 4 is 34.5 Å². The van der Waals surface area contributed by atoms with E-state index in [4.69, 9.17) is 10.7 Å². The lowest BCUT2D eigenvalue weighted by Crippen LogP contribution is -2.45. The minimum atomic E-state index is -0.908. The van der Waals surface area contributed by atoms with Crippen molar-refractivity contribution in [3.05, 3.63) is 77.9 Å². The third kappa shape index (κ3) is 3.64. The highest BCUT2D eigenvalue weighted by molar-refractivity contribution is 14.1. The van der Waals surface area contributed by atoms with Crippen molar-refractivity contribution in [2.75, 3.05) is 6.54 Å². The Morgan fingerprint density at radius 1 is 1.16 bits per heavy atom. The van der Waals surface area contributed by atoms with E-state index in [1.807, 2.05) is 12.1 Å². The van der Waals surface area contributed by atoms with E-state index in [1.54, 1.807) is 17.4 Å². The summed E-state index contributed by atoms with van der Waals surface area (Å²) >= 11 is 2.38. The fraction of sp³-hybridized carbons (Fsp3) is 0.292. The van der Waals surface area contributed by atoms with Gasteiger partial charge in [-0.25, -0.2) is 9.98 Å². The van der Waals surface area contributed by atoms with Gasteiger partial charge in [-0.3, -0.25) is 9.69 Å². The van der Waals surface area contributed by atoms with Crippen LogP contribution in [0.3, 0.4) is 0 Å². The number of alkyl halides is 1. The number of nitrogens with two attached hydrogens (primary N) is 1. The number of aromatic nitrogens is 2. The minimum absolute atomic E-state index is 0.00909. The number of hydrogen-bond acceptors (Lipinski definition) is 4. The molecule has 0 bridgehead atoms. The highest BCUT2D eigenvalue weighted by atomic mass is 127. The molecule has 1 amide bonds. The number of benzene rings is 2. The number of rotatable bonds is 7. The number of H-pyrrole nitrogens is 1. The second-order valence-corrected chi connectivity index (χ2v) is 8.97. The van der Waals surface area contributed by atoms with E-state index in [2.05, 4.69) is 69.0 Å². The summed E-state index contributed by atoms with van der Waals surface area (Å²) in [6, 6.07) is 16.8. The maximum atomic E-state index is 13.7. The number of carbonyl (C=O) groups is 1. The average Bonchev–Trinajstić information content (AvgIpc) is 3.46. The van der Waals surface area contributed by atoms with Crippen molar-refractivity contribution in [3.63, 3.8) is 0 Å². The Morgan fingerprint density at radius 2 is 1.94 bits per heavy atom. The number of carbonyl (C=O) groups excluding carboxylic acids is 1. The monoisotopic (exact) mass is 525 g/mol. The normalized spacial score (nSPS) is 20.9. The standard InChI is InChI=1S/C24H24IN5O/c25-13-16-3-1-4-17(11-16)18-5-2-6-20(12-18)24(19-7-8-19)22(31)30(23(26)29-24)10-9-21-14-27-15-28-21/h1-6,11-12,14-15,19H,7-10,13H2,(H2,26,29)(H,27,28). The Labute approximate surface area is 195 Å². The van der Waals surface area contributed by atoms with E-state index >= 15 is 0 Å². The second kappa shape index (κ2) is 8.11.